The van der Waals surface area contributed by atoms with E-state index in [9.17, 15) is 23.9 Å². The van der Waals surface area contributed by atoms with Gasteiger partial charge in [0.05, 0.1) is 25.3 Å². The molecule has 2 N–H and O–H groups in total. The van der Waals surface area contributed by atoms with Crippen LogP contribution in [0.25, 0.3) is 0 Å². The lowest BCUT2D eigenvalue weighted by Crippen LogP contribution is -2.49. The summed E-state index contributed by atoms with van der Waals surface area (Å²) < 4.78 is 20.1. The van der Waals surface area contributed by atoms with Gasteiger partial charge >= 0.3 is 0 Å². The molecule has 4 rings (SSSR count). The first-order valence-corrected chi connectivity index (χ1v) is 11.9. The van der Waals surface area contributed by atoms with Gasteiger partial charge in [-0.1, -0.05) is 24.3 Å². The lowest BCUT2D eigenvalue weighted by atomic mass is 9.82. The van der Waals surface area contributed by atoms with Crippen molar-refractivity contribution in [2.45, 2.75) is 36.0 Å². The number of fused-ring (bicyclic) bond motifs is 2. The van der Waals surface area contributed by atoms with Gasteiger partial charge < -0.3 is 14.7 Å². The van der Waals surface area contributed by atoms with Crippen molar-refractivity contribution in [2.24, 2.45) is 0 Å². The van der Waals surface area contributed by atoms with Gasteiger partial charge in [-0.05, 0) is 47.7 Å². The third-order valence-corrected chi connectivity index (χ3v) is 7.43. The number of nitrogens with one attached hydrogen (secondary N) is 1. The Bertz CT molecular complexity index is 1150. The first-order valence-electron chi connectivity index (χ1n) is 10.9. The fourth-order valence-corrected chi connectivity index (χ4v) is 5.78. The van der Waals surface area contributed by atoms with Gasteiger partial charge in [0.15, 0.2) is 5.76 Å². The monoisotopic (exact) mass is 484 g/mol. The van der Waals surface area contributed by atoms with Crippen molar-refractivity contribution in [2.75, 3.05) is 19.8 Å². The number of morpholine rings is 1. The molecule has 9 heteroatoms. The minimum Gasteiger partial charge on any atom is -0.503 e. The van der Waals surface area contributed by atoms with E-state index in [4.69, 9.17) is 4.74 Å². The van der Waals surface area contributed by atoms with Gasteiger partial charge in [0.25, 0.3) is 11.8 Å². The molecule has 2 heterocycles. The van der Waals surface area contributed by atoms with E-state index in [-0.39, 0.29) is 24.2 Å². The number of thioether (sulfide) groups is 1. The maximum absolute atomic E-state index is 14.4. The second kappa shape index (κ2) is 10.4. The molecule has 178 valence electrons. The molecular formula is C25H25FN2O5S. The third kappa shape index (κ3) is 4.85. The van der Waals surface area contributed by atoms with Crippen molar-refractivity contribution in [1.82, 2.24) is 10.2 Å². The second-order valence-electron chi connectivity index (χ2n) is 8.24. The molecule has 0 radical (unpaired) electrons. The summed E-state index contributed by atoms with van der Waals surface area (Å²) in [5.74, 6) is -2.11. The number of ether oxygens (including phenoxy) is 1. The minimum absolute atomic E-state index is 0.0987. The predicted molar refractivity (Wildman–Crippen MR) is 125 cm³/mol. The molecule has 2 aliphatic rings. The zero-order valence-electron chi connectivity index (χ0n) is 18.6. The van der Waals surface area contributed by atoms with Crippen LogP contribution in [-0.2, 0) is 24.9 Å². The van der Waals surface area contributed by atoms with Crippen LogP contribution in [0.3, 0.4) is 0 Å². The van der Waals surface area contributed by atoms with E-state index in [1.165, 1.54) is 6.07 Å². The number of hydrogen-bond donors (Lipinski definition) is 2. The summed E-state index contributed by atoms with van der Waals surface area (Å²) in [7, 11) is 0. The molecule has 1 saturated heterocycles. The van der Waals surface area contributed by atoms with Crippen LogP contribution in [0.4, 0.5) is 4.39 Å². The summed E-state index contributed by atoms with van der Waals surface area (Å²) in [6.07, 6.45) is 1.48. The highest BCUT2D eigenvalue weighted by Gasteiger charge is 2.33. The fourth-order valence-electron chi connectivity index (χ4n) is 4.54. The largest absolute Gasteiger partial charge is 0.503 e. The second-order valence-corrected chi connectivity index (χ2v) is 9.25. The molecule has 2 aromatic rings. The van der Waals surface area contributed by atoms with Crippen LogP contribution in [0.15, 0.2) is 53.1 Å². The van der Waals surface area contributed by atoms with Crippen LogP contribution < -0.4 is 5.32 Å². The molecule has 0 aromatic heterocycles. The van der Waals surface area contributed by atoms with E-state index in [0.717, 1.165) is 27.7 Å². The molecule has 2 unspecified atom stereocenters. The van der Waals surface area contributed by atoms with Crippen molar-refractivity contribution < 1.29 is 28.6 Å². The van der Waals surface area contributed by atoms with Crippen LogP contribution in [0, 0.1) is 12.7 Å². The Hall–Kier alpha value is -3.17. The molecule has 1 fully saturated rings. The number of nitrogens with zero attached hydrogens (tertiary/aromatic N) is 1. The molecule has 0 saturated carbocycles. The lowest BCUT2D eigenvalue weighted by Gasteiger charge is -2.37. The van der Waals surface area contributed by atoms with Crippen molar-refractivity contribution in [3.05, 3.63) is 76.3 Å². The van der Waals surface area contributed by atoms with Gasteiger partial charge in [-0.25, -0.2) is 4.39 Å². The Morgan fingerprint density at radius 1 is 1.26 bits per heavy atom. The number of hydrogen-bond acceptors (Lipinski definition) is 6. The average molecular weight is 485 g/mol. The molecule has 0 bridgehead atoms. The summed E-state index contributed by atoms with van der Waals surface area (Å²) in [6.45, 7) is 2.71. The molecule has 2 atom stereocenters. The van der Waals surface area contributed by atoms with Crippen molar-refractivity contribution in [3.63, 3.8) is 0 Å². The van der Waals surface area contributed by atoms with Gasteiger partial charge in [0.2, 0.25) is 6.41 Å². The summed E-state index contributed by atoms with van der Waals surface area (Å²) >= 11 is 1.67. The third-order valence-electron chi connectivity index (χ3n) is 6.31. The number of aliphatic hydroxyl groups is 1. The topological polar surface area (TPSA) is 95.9 Å². The number of amides is 3. The Morgan fingerprint density at radius 3 is 2.85 bits per heavy atom. The highest BCUT2D eigenvalue weighted by molar-refractivity contribution is 7.98. The Balaban J connectivity index is 1.68. The Labute approximate surface area is 201 Å². The zero-order valence-corrected chi connectivity index (χ0v) is 19.4. The van der Waals surface area contributed by atoms with E-state index in [1.54, 1.807) is 28.9 Å². The van der Waals surface area contributed by atoms with Crippen molar-refractivity contribution in [3.8, 4) is 0 Å². The number of rotatable bonds is 5. The van der Waals surface area contributed by atoms with Gasteiger partial charge in [0.1, 0.15) is 5.82 Å². The number of benzene rings is 2. The quantitative estimate of drug-likeness (QED) is 0.385. The van der Waals surface area contributed by atoms with Crippen molar-refractivity contribution >= 4 is 30.0 Å². The summed E-state index contributed by atoms with van der Waals surface area (Å²) in [6, 6.07) is 11.1. The molecule has 34 heavy (non-hydrogen) atoms. The van der Waals surface area contributed by atoms with E-state index in [1.807, 2.05) is 18.2 Å². The molecular weight excluding hydrogens is 459 g/mol. The maximum Gasteiger partial charge on any atom is 0.292 e. The predicted octanol–water partition coefficient (Wildman–Crippen LogP) is 3.20. The summed E-state index contributed by atoms with van der Waals surface area (Å²) in [5, 5.41) is 11.7. The summed E-state index contributed by atoms with van der Waals surface area (Å²) in [5.41, 5.74) is 3.73. The molecule has 2 aliphatic heterocycles. The van der Waals surface area contributed by atoms with Crippen LogP contribution in [0.2, 0.25) is 0 Å². The number of halogens is 1. The van der Waals surface area contributed by atoms with Crippen LogP contribution in [0.5, 0.6) is 0 Å². The van der Waals surface area contributed by atoms with Gasteiger partial charge in [0, 0.05) is 23.1 Å². The normalized spacial score (nSPS) is 20.1. The SMILES string of the molecule is Cc1c(F)ccc2c1CSc1ccccc1C2CC1COCCN1C(=O)/C=C(\O)C(=O)NC=O. The Morgan fingerprint density at radius 2 is 2.06 bits per heavy atom. The Kier molecular flexibility index (Phi) is 7.33. The van der Waals surface area contributed by atoms with E-state index in [0.29, 0.717) is 37.5 Å². The number of imide groups is 1. The summed E-state index contributed by atoms with van der Waals surface area (Å²) in [4.78, 5) is 37.7. The standard InChI is InChI=1S/C25H25FN2O5S/c1-15-20-13-34-23-5-3-2-4-18(23)19(17(20)6-7-21(15)26)10-16-12-33-9-8-28(16)24(31)11-22(30)25(32)27-14-29/h2-7,11,14,16,19,30H,8-10,12-13H2,1H3,(H,27,29,32)/b22-11-. The highest BCUT2D eigenvalue weighted by Crippen LogP contribution is 2.44. The zero-order chi connectivity index (χ0) is 24.2. The van der Waals surface area contributed by atoms with Crippen molar-refractivity contribution in [1.29, 1.82) is 0 Å². The molecule has 2 aromatic carbocycles. The van der Waals surface area contributed by atoms with Gasteiger partial charge in [-0.3, -0.25) is 19.7 Å². The van der Waals surface area contributed by atoms with E-state index >= 15 is 0 Å². The first kappa shape index (κ1) is 24.0. The molecule has 0 aliphatic carbocycles. The van der Waals surface area contributed by atoms with Crippen LogP contribution >= 0.6 is 11.8 Å². The molecule has 0 spiro atoms. The minimum atomic E-state index is -1.05. The van der Waals surface area contributed by atoms with E-state index in [2.05, 4.69) is 12.1 Å². The molecule has 3 amide bonds. The smallest absolute Gasteiger partial charge is 0.292 e. The lowest BCUT2D eigenvalue weighted by molar-refractivity contribution is -0.135. The highest BCUT2D eigenvalue weighted by atomic mass is 32.2. The maximum atomic E-state index is 14.4. The van der Waals surface area contributed by atoms with Gasteiger partial charge in [-0.2, -0.15) is 0 Å². The number of carbonyl (C=O) groups excluding carboxylic acids is 3. The fraction of sp³-hybridized carbons (Fsp3) is 0.320. The average Bonchev–Trinajstić information content (AvgIpc) is 2.99. The number of aliphatic hydroxyl groups excluding tert-OH is 1. The van der Waals surface area contributed by atoms with Gasteiger partial charge in [-0.15, -0.1) is 11.8 Å². The van der Waals surface area contributed by atoms with E-state index < -0.39 is 17.6 Å². The van der Waals surface area contributed by atoms with Crippen LogP contribution in [-0.4, -0.2) is 54.0 Å². The number of carbonyl (C=O) groups is 3. The first-order chi connectivity index (χ1) is 16.4. The van der Waals surface area contributed by atoms with Crippen LogP contribution in [0.1, 0.15) is 34.6 Å². The molecule has 7 nitrogen and oxygen atoms in total.